The molecule has 2 N–H and O–H groups in total. The number of sulfonamides is 1. The lowest BCUT2D eigenvalue weighted by Crippen LogP contribution is -2.29. The van der Waals surface area contributed by atoms with Crippen LogP contribution in [0.1, 0.15) is 36.7 Å². The molecule has 2 unspecified atom stereocenters. The molecule has 0 radical (unpaired) electrons. The summed E-state index contributed by atoms with van der Waals surface area (Å²) in [7, 11) is -3.52. The molecule has 0 amide bonds. The average Bonchev–Trinajstić information content (AvgIpc) is 3.18. The van der Waals surface area contributed by atoms with E-state index in [9.17, 15) is 8.42 Å². The number of nitrogens with one attached hydrogen (secondary N) is 2. The second-order valence-electron chi connectivity index (χ2n) is 5.84. The third-order valence-corrected chi connectivity index (χ3v) is 6.39. The van der Waals surface area contributed by atoms with Crippen molar-refractivity contribution in [3.05, 3.63) is 40.0 Å². The zero-order valence-electron chi connectivity index (χ0n) is 13.4. The van der Waals surface area contributed by atoms with Gasteiger partial charge in [0.2, 0.25) is 21.8 Å². The molecule has 130 valence electrons. The Morgan fingerprint density at radius 3 is 2.88 bits per heavy atom. The average molecular weight is 415 g/mol. The van der Waals surface area contributed by atoms with Crippen molar-refractivity contribution in [3.63, 3.8) is 0 Å². The third-order valence-electron chi connectivity index (χ3n) is 3.99. The van der Waals surface area contributed by atoms with Gasteiger partial charge in [0.15, 0.2) is 0 Å². The van der Waals surface area contributed by atoms with Crippen molar-refractivity contribution in [1.29, 1.82) is 0 Å². The summed E-state index contributed by atoms with van der Waals surface area (Å²) in [6.45, 7) is 4.22. The highest BCUT2D eigenvalue weighted by Gasteiger charge is 2.37. The molecule has 2 atom stereocenters. The fourth-order valence-electron chi connectivity index (χ4n) is 2.62. The molecule has 1 saturated heterocycles. The van der Waals surface area contributed by atoms with Crippen LogP contribution in [-0.4, -0.2) is 30.4 Å². The van der Waals surface area contributed by atoms with E-state index >= 15 is 0 Å². The van der Waals surface area contributed by atoms with E-state index in [1.165, 1.54) is 0 Å². The normalized spacial score (nSPS) is 21.1. The third kappa shape index (κ3) is 3.62. The molecule has 24 heavy (non-hydrogen) atoms. The maximum absolute atomic E-state index is 12.6. The summed E-state index contributed by atoms with van der Waals surface area (Å²) in [6, 6.07) is 5.25. The minimum atomic E-state index is -3.52. The number of aromatic nitrogens is 2. The smallest absolute Gasteiger partial charge is 0.236 e. The number of hydrogen-bond acceptors (Lipinski definition) is 6. The van der Waals surface area contributed by atoms with Crippen molar-refractivity contribution in [2.75, 3.05) is 11.3 Å². The Morgan fingerprint density at radius 1 is 1.42 bits per heavy atom. The van der Waals surface area contributed by atoms with E-state index in [2.05, 4.69) is 36.2 Å². The molecule has 3 rings (SSSR count). The Bertz CT molecular complexity index is 837. The second-order valence-corrected chi connectivity index (χ2v) is 8.65. The molecule has 1 aromatic heterocycles. The molecule has 7 nitrogen and oxygen atoms in total. The monoisotopic (exact) mass is 414 g/mol. The van der Waals surface area contributed by atoms with Gasteiger partial charge in [-0.2, -0.15) is 0 Å². The Kier molecular flexibility index (Phi) is 4.93. The van der Waals surface area contributed by atoms with Crippen molar-refractivity contribution >= 4 is 31.6 Å². The van der Waals surface area contributed by atoms with Crippen molar-refractivity contribution in [2.45, 2.75) is 38.0 Å². The zero-order chi connectivity index (χ0) is 17.3. The number of halogens is 1. The molecular weight excluding hydrogens is 396 g/mol. The van der Waals surface area contributed by atoms with Crippen LogP contribution in [0.15, 0.2) is 27.1 Å². The lowest BCUT2D eigenvalue weighted by molar-refractivity contribution is 0.405. The summed E-state index contributed by atoms with van der Waals surface area (Å²) in [5, 5.41) is 10.5. The molecule has 0 saturated carbocycles. The quantitative estimate of drug-likeness (QED) is 0.779. The predicted molar refractivity (Wildman–Crippen MR) is 94.2 cm³/mol. The highest BCUT2D eigenvalue weighted by molar-refractivity contribution is 9.10. The molecule has 1 aliphatic rings. The number of rotatable bonds is 5. The fourth-order valence-corrected chi connectivity index (χ4v) is 4.75. The van der Waals surface area contributed by atoms with Crippen LogP contribution in [0.4, 0.5) is 5.69 Å². The Labute approximate surface area is 149 Å². The van der Waals surface area contributed by atoms with Crippen LogP contribution in [-0.2, 0) is 16.4 Å². The summed E-state index contributed by atoms with van der Waals surface area (Å²) in [4.78, 5) is 0. The maximum Gasteiger partial charge on any atom is 0.236 e. The van der Waals surface area contributed by atoms with Gasteiger partial charge in [0, 0.05) is 17.4 Å². The van der Waals surface area contributed by atoms with Gasteiger partial charge in [0.25, 0.3) is 0 Å². The van der Waals surface area contributed by atoms with Gasteiger partial charge >= 0.3 is 0 Å². The molecule has 9 heteroatoms. The molecule has 0 bridgehead atoms. The van der Waals surface area contributed by atoms with Crippen LogP contribution in [0, 0.1) is 6.92 Å². The lowest BCUT2D eigenvalue weighted by Gasteiger charge is -2.14. The molecular formula is C15H19BrN4O3S. The van der Waals surface area contributed by atoms with E-state index in [4.69, 9.17) is 4.42 Å². The molecule has 0 spiro atoms. The van der Waals surface area contributed by atoms with E-state index in [0.29, 0.717) is 36.9 Å². The van der Waals surface area contributed by atoms with Gasteiger partial charge in [-0.1, -0.05) is 13.0 Å². The summed E-state index contributed by atoms with van der Waals surface area (Å²) >= 11 is 3.39. The van der Waals surface area contributed by atoms with Crippen LogP contribution in [0.2, 0.25) is 0 Å². The van der Waals surface area contributed by atoms with Gasteiger partial charge in [0.1, 0.15) is 0 Å². The first-order valence-corrected chi connectivity index (χ1v) is 10.1. The Balaban J connectivity index is 1.71. The summed E-state index contributed by atoms with van der Waals surface area (Å²) in [5.74, 6) is 1.00. The first-order chi connectivity index (χ1) is 11.4. The van der Waals surface area contributed by atoms with E-state index in [-0.39, 0.29) is 6.04 Å². The summed E-state index contributed by atoms with van der Waals surface area (Å²) in [5.41, 5.74) is 1.59. The molecule has 1 fully saturated rings. The Morgan fingerprint density at radius 2 is 2.21 bits per heavy atom. The number of benzene rings is 1. The number of nitrogens with zero attached hydrogens (tertiary/aromatic N) is 2. The second kappa shape index (κ2) is 6.81. The van der Waals surface area contributed by atoms with Crippen LogP contribution >= 0.6 is 15.9 Å². The van der Waals surface area contributed by atoms with Gasteiger partial charge in [-0.05, 0) is 47.0 Å². The zero-order valence-corrected chi connectivity index (χ0v) is 15.8. The van der Waals surface area contributed by atoms with Crippen LogP contribution in [0.5, 0.6) is 0 Å². The molecule has 1 aromatic carbocycles. The van der Waals surface area contributed by atoms with Crippen molar-refractivity contribution in [2.24, 2.45) is 0 Å². The molecule has 1 aliphatic heterocycles. The Hall–Kier alpha value is -1.45. The largest absolute Gasteiger partial charge is 0.424 e. The van der Waals surface area contributed by atoms with Crippen LogP contribution in [0.3, 0.4) is 0 Å². The van der Waals surface area contributed by atoms with E-state index < -0.39 is 15.3 Å². The van der Waals surface area contributed by atoms with Gasteiger partial charge in [-0.25, -0.2) is 8.42 Å². The SMILES string of the molecule is CCc1nnc(C2CC(S(=O)(=O)Nc3ccc(C)cc3Br)CN2)o1. The van der Waals surface area contributed by atoms with E-state index in [0.717, 1.165) is 10.0 Å². The van der Waals surface area contributed by atoms with E-state index in [1.807, 2.05) is 26.0 Å². The highest BCUT2D eigenvalue weighted by Crippen LogP contribution is 2.30. The minimum absolute atomic E-state index is 0.235. The minimum Gasteiger partial charge on any atom is -0.424 e. The number of hydrogen-bond donors (Lipinski definition) is 2. The number of aryl methyl sites for hydroxylation is 2. The van der Waals surface area contributed by atoms with Crippen molar-refractivity contribution in [1.82, 2.24) is 15.5 Å². The first-order valence-electron chi connectivity index (χ1n) is 7.72. The predicted octanol–water partition coefficient (Wildman–Crippen LogP) is 2.55. The topological polar surface area (TPSA) is 97.1 Å². The van der Waals surface area contributed by atoms with Gasteiger partial charge in [0.05, 0.1) is 17.0 Å². The van der Waals surface area contributed by atoms with Gasteiger partial charge < -0.3 is 9.73 Å². The fraction of sp³-hybridized carbons (Fsp3) is 0.467. The highest BCUT2D eigenvalue weighted by atomic mass is 79.9. The van der Waals surface area contributed by atoms with Crippen LogP contribution in [0.25, 0.3) is 0 Å². The summed E-state index contributed by atoms with van der Waals surface area (Å²) < 4.78 is 34.2. The molecule has 2 aromatic rings. The molecule has 0 aliphatic carbocycles. The standard InChI is InChI=1S/C15H19BrN4O3S/c1-3-14-18-19-15(23-14)13-7-10(8-17-13)24(21,22)20-12-5-4-9(2)6-11(12)16/h4-6,10,13,17,20H,3,7-8H2,1-2H3. The van der Waals surface area contributed by atoms with Crippen molar-refractivity contribution in [3.8, 4) is 0 Å². The van der Waals surface area contributed by atoms with Gasteiger partial charge in [-0.15, -0.1) is 10.2 Å². The van der Waals surface area contributed by atoms with Crippen LogP contribution < -0.4 is 10.0 Å². The van der Waals surface area contributed by atoms with E-state index in [1.54, 1.807) is 6.07 Å². The molecule has 2 heterocycles. The maximum atomic E-state index is 12.6. The van der Waals surface area contributed by atoms with Crippen molar-refractivity contribution < 1.29 is 12.8 Å². The summed E-state index contributed by atoms with van der Waals surface area (Å²) in [6.07, 6.45) is 1.05. The van der Waals surface area contributed by atoms with Gasteiger partial charge in [-0.3, -0.25) is 4.72 Å². The lowest BCUT2D eigenvalue weighted by atomic mass is 10.2. The first kappa shape index (κ1) is 17.4. The number of anilines is 1.